The van der Waals surface area contributed by atoms with Crippen molar-refractivity contribution in [3.8, 4) is 11.4 Å². The minimum Gasteiger partial charge on any atom is -0.481 e. The zero-order valence-corrected chi connectivity index (χ0v) is 19.5. The van der Waals surface area contributed by atoms with Crippen molar-refractivity contribution in [2.75, 3.05) is 18.0 Å². The monoisotopic (exact) mass is 474 g/mol. The predicted octanol–water partition coefficient (Wildman–Crippen LogP) is 6.57. The van der Waals surface area contributed by atoms with Gasteiger partial charge in [0, 0.05) is 36.3 Å². The largest absolute Gasteiger partial charge is 0.481 e. The number of carboxylic acids is 1. The van der Waals surface area contributed by atoms with Crippen molar-refractivity contribution < 1.29 is 9.90 Å². The number of carbonyl (C=O) groups is 1. The Morgan fingerprint density at radius 3 is 2.56 bits per heavy atom. The Morgan fingerprint density at radius 1 is 1.09 bits per heavy atom. The minimum atomic E-state index is -0.675. The lowest BCUT2D eigenvalue weighted by Crippen LogP contribution is -2.26. The van der Waals surface area contributed by atoms with Crippen molar-refractivity contribution in [1.82, 2.24) is 15.0 Å². The van der Waals surface area contributed by atoms with Crippen LogP contribution in [0, 0.1) is 5.92 Å². The molecule has 1 aliphatic rings. The van der Waals surface area contributed by atoms with Crippen LogP contribution in [-0.2, 0) is 4.79 Å². The molecule has 8 heteroatoms. The molecule has 0 amide bonds. The number of rotatable bonds is 4. The van der Waals surface area contributed by atoms with Gasteiger partial charge in [0.05, 0.1) is 10.5 Å². The molecular formula is C24H28Cl2N4O2. The first kappa shape index (κ1) is 22.9. The lowest BCUT2D eigenvalue weighted by Gasteiger charge is -2.23. The standard InChI is InChI=1S/C24H28Cl2N4O2/c25-18-13-19(26)23-20(14-18)28-24(29-23)17-8-9-21(27-15-17)30-10-4-1-2-6-16(12-22(31)32)7-3-5-11-30/h8-9,13-16H,1-7,10-12H2,(H,28,29)(H,31,32). The molecule has 0 radical (unpaired) electrons. The van der Waals surface area contributed by atoms with E-state index in [1.165, 1.54) is 0 Å². The lowest BCUT2D eigenvalue weighted by molar-refractivity contribution is -0.138. The maximum Gasteiger partial charge on any atom is 0.303 e. The Kier molecular flexibility index (Phi) is 7.53. The van der Waals surface area contributed by atoms with Crippen LogP contribution >= 0.6 is 23.2 Å². The number of nitrogens with one attached hydrogen (secondary N) is 1. The van der Waals surface area contributed by atoms with Gasteiger partial charge in [0.25, 0.3) is 0 Å². The lowest BCUT2D eigenvalue weighted by atomic mass is 9.92. The van der Waals surface area contributed by atoms with E-state index in [1.807, 2.05) is 24.4 Å². The van der Waals surface area contributed by atoms with Gasteiger partial charge in [-0.05, 0) is 55.9 Å². The number of anilines is 1. The number of fused-ring (bicyclic) bond motifs is 1. The van der Waals surface area contributed by atoms with E-state index in [2.05, 4.69) is 14.9 Å². The van der Waals surface area contributed by atoms with Crippen LogP contribution in [-0.4, -0.2) is 39.1 Å². The van der Waals surface area contributed by atoms with Crippen LogP contribution in [0.3, 0.4) is 0 Å². The highest BCUT2D eigenvalue weighted by atomic mass is 35.5. The molecule has 32 heavy (non-hydrogen) atoms. The number of aromatic nitrogens is 3. The molecule has 3 heterocycles. The fraction of sp³-hybridized carbons (Fsp3) is 0.458. The number of pyridine rings is 1. The molecule has 1 atom stereocenters. The van der Waals surface area contributed by atoms with Crippen molar-refractivity contribution >= 4 is 46.0 Å². The van der Waals surface area contributed by atoms with Crippen LogP contribution in [0.1, 0.15) is 51.4 Å². The molecular weight excluding hydrogens is 447 g/mol. The highest BCUT2D eigenvalue weighted by Gasteiger charge is 2.16. The molecule has 1 fully saturated rings. The smallest absolute Gasteiger partial charge is 0.303 e. The summed E-state index contributed by atoms with van der Waals surface area (Å²) in [7, 11) is 0. The minimum absolute atomic E-state index is 0.298. The second-order valence-corrected chi connectivity index (χ2v) is 9.41. The molecule has 2 N–H and O–H groups in total. The molecule has 1 unspecified atom stereocenters. The fourth-order valence-electron chi connectivity index (χ4n) is 4.48. The number of hydrogen-bond acceptors (Lipinski definition) is 4. The first-order chi connectivity index (χ1) is 15.5. The summed E-state index contributed by atoms with van der Waals surface area (Å²) in [5.74, 6) is 1.31. The number of carboxylic acid groups (broad SMARTS) is 1. The Labute approximate surface area is 198 Å². The predicted molar refractivity (Wildman–Crippen MR) is 130 cm³/mol. The van der Waals surface area contributed by atoms with E-state index < -0.39 is 5.97 Å². The first-order valence-electron chi connectivity index (χ1n) is 11.3. The highest BCUT2D eigenvalue weighted by molar-refractivity contribution is 6.38. The van der Waals surface area contributed by atoms with Gasteiger partial charge in [0.15, 0.2) is 0 Å². The van der Waals surface area contributed by atoms with Crippen molar-refractivity contribution in [3.05, 3.63) is 40.5 Å². The van der Waals surface area contributed by atoms with Gasteiger partial charge in [0.1, 0.15) is 17.2 Å². The molecule has 1 aromatic carbocycles. The van der Waals surface area contributed by atoms with Gasteiger partial charge in [-0.15, -0.1) is 0 Å². The molecule has 0 saturated carbocycles. The number of benzene rings is 1. The van der Waals surface area contributed by atoms with Gasteiger partial charge in [-0.2, -0.15) is 0 Å². The Morgan fingerprint density at radius 2 is 1.84 bits per heavy atom. The molecule has 4 rings (SSSR count). The Bertz CT molecular complexity index is 1070. The van der Waals surface area contributed by atoms with Crippen molar-refractivity contribution in [2.45, 2.75) is 51.4 Å². The topological polar surface area (TPSA) is 82.1 Å². The fourth-order valence-corrected chi connectivity index (χ4v) is 5.01. The van der Waals surface area contributed by atoms with Crippen molar-refractivity contribution in [2.24, 2.45) is 5.92 Å². The summed E-state index contributed by atoms with van der Waals surface area (Å²) in [6.45, 7) is 1.90. The summed E-state index contributed by atoms with van der Waals surface area (Å²) < 4.78 is 0. The third kappa shape index (κ3) is 5.73. The normalized spacial score (nSPS) is 18.4. The Hall–Kier alpha value is -2.31. The molecule has 6 nitrogen and oxygen atoms in total. The summed E-state index contributed by atoms with van der Waals surface area (Å²) in [5, 5.41) is 10.2. The number of H-pyrrole nitrogens is 1. The number of aromatic amines is 1. The maximum absolute atomic E-state index is 11.1. The third-order valence-electron chi connectivity index (χ3n) is 6.14. The summed E-state index contributed by atoms with van der Waals surface area (Å²) in [6, 6.07) is 7.58. The zero-order chi connectivity index (χ0) is 22.5. The highest BCUT2D eigenvalue weighted by Crippen LogP contribution is 2.29. The van der Waals surface area contributed by atoms with E-state index in [9.17, 15) is 4.79 Å². The molecule has 170 valence electrons. The van der Waals surface area contributed by atoms with E-state index in [0.29, 0.717) is 33.7 Å². The van der Waals surface area contributed by atoms with Crippen LogP contribution < -0.4 is 4.90 Å². The third-order valence-corrected chi connectivity index (χ3v) is 6.65. The number of halogens is 2. The van der Waals surface area contributed by atoms with E-state index in [1.54, 1.807) is 6.07 Å². The molecule has 2 aromatic heterocycles. The number of nitrogens with zero attached hydrogens (tertiary/aromatic N) is 3. The van der Waals surface area contributed by atoms with Crippen LogP contribution in [0.4, 0.5) is 5.82 Å². The van der Waals surface area contributed by atoms with Crippen LogP contribution in [0.25, 0.3) is 22.4 Å². The number of aliphatic carboxylic acids is 1. The average molecular weight is 475 g/mol. The number of hydrogen-bond donors (Lipinski definition) is 2. The second kappa shape index (κ2) is 10.5. The van der Waals surface area contributed by atoms with Crippen molar-refractivity contribution in [1.29, 1.82) is 0 Å². The average Bonchev–Trinajstić information content (AvgIpc) is 3.16. The van der Waals surface area contributed by atoms with Gasteiger partial charge in [-0.1, -0.05) is 42.5 Å². The molecule has 0 bridgehead atoms. The van der Waals surface area contributed by atoms with E-state index in [0.717, 1.165) is 74.9 Å². The van der Waals surface area contributed by atoms with Crippen LogP contribution in [0.2, 0.25) is 10.0 Å². The Balaban J connectivity index is 1.44. The molecule has 0 aliphatic carbocycles. The van der Waals surface area contributed by atoms with E-state index >= 15 is 0 Å². The maximum atomic E-state index is 11.1. The molecule has 0 spiro atoms. The van der Waals surface area contributed by atoms with Gasteiger partial charge < -0.3 is 15.0 Å². The van der Waals surface area contributed by atoms with Gasteiger partial charge in [-0.25, -0.2) is 9.97 Å². The summed E-state index contributed by atoms with van der Waals surface area (Å²) in [4.78, 5) is 26.1. The quantitative estimate of drug-likeness (QED) is 0.446. The van der Waals surface area contributed by atoms with Gasteiger partial charge in [0.2, 0.25) is 0 Å². The van der Waals surface area contributed by atoms with Gasteiger partial charge in [-0.3, -0.25) is 4.79 Å². The number of imidazole rings is 1. The van der Waals surface area contributed by atoms with E-state index in [4.69, 9.17) is 33.3 Å². The van der Waals surface area contributed by atoms with Crippen LogP contribution in [0.15, 0.2) is 30.5 Å². The first-order valence-corrected chi connectivity index (χ1v) is 12.0. The van der Waals surface area contributed by atoms with Crippen molar-refractivity contribution in [3.63, 3.8) is 0 Å². The second-order valence-electron chi connectivity index (χ2n) is 8.57. The molecule has 1 saturated heterocycles. The SMILES string of the molecule is O=C(O)CC1CCCCCN(c2ccc(-c3nc4c(Cl)cc(Cl)cc4[nH]3)cn2)CCCC1. The van der Waals surface area contributed by atoms with E-state index in [-0.39, 0.29) is 0 Å². The summed E-state index contributed by atoms with van der Waals surface area (Å²) >= 11 is 12.4. The zero-order valence-electron chi connectivity index (χ0n) is 18.0. The van der Waals surface area contributed by atoms with Gasteiger partial charge >= 0.3 is 5.97 Å². The summed E-state index contributed by atoms with van der Waals surface area (Å²) in [6.07, 6.45) is 9.55. The van der Waals surface area contributed by atoms with Crippen LogP contribution in [0.5, 0.6) is 0 Å². The summed E-state index contributed by atoms with van der Waals surface area (Å²) in [5.41, 5.74) is 2.39. The molecule has 3 aromatic rings. The molecule has 1 aliphatic heterocycles.